The minimum atomic E-state index is -0.653. The Labute approximate surface area is 227 Å². The van der Waals surface area contributed by atoms with E-state index in [-0.39, 0.29) is 23.9 Å². The summed E-state index contributed by atoms with van der Waals surface area (Å²) in [4.78, 5) is 14.9. The van der Waals surface area contributed by atoms with E-state index in [1.807, 2.05) is 37.3 Å². The van der Waals surface area contributed by atoms with Crippen molar-refractivity contribution in [1.29, 1.82) is 10.5 Å². The number of nitrogens with zero attached hydrogens (tertiary/aromatic N) is 3. The molecule has 1 saturated heterocycles. The molecule has 2 aliphatic rings. The maximum Gasteiger partial charge on any atom is 0.306 e. The first-order valence-corrected chi connectivity index (χ1v) is 14.1. The number of esters is 1. The van der Waals surface area contributed by atoms with Crippen LogP contribution in [0.5, 0.6) is 5.75 Å². The van der Waals surface area contributed by atoms with Crippen LogP contribution < -0.4 is 4.74 Å². The molecule has 0 radical (unpaired) electrons. The molecule has 0 spiro atoms. The van der Waals surface area contributed by atoms with E-state index in [0.717, 1.165) is 75.9 Å². The molecule has 0 aromatic heterocycles. The molecule has 0 N–H and O–H groups in total. The molecule has 1 saturated carbocycles. The monoisotopic (exact) mass is 513 g/mol. The van der Waals surface area contributed by atoms with Gasteiger partial charge in [0.15, 0.2) is 0 Å². The second-order valence-electron chi connectivity index (χ2n) is 10.6. The van der Waals surface area contributed by atoms with E-state index in [9.17, 15) is 10.1 Å². The molecule has 1 aliphatic heterocycles. The van der Waals surface area contributed by atoms with E-state index in [0.29, 0.717) is 18.6 Å². The molecule has 3 atom stereocenters. The Morgan fingerprint density at radius 3 is 2.42 bits per heavy atom. The van der Waals surface area contributed by atoms with Crippen molar-refractivity contribution in [3.8, 4) is 17.9 Å². The minimum absolute atomic E-state index is 0.0214. The van der Waals surface area contributed by atoms with Crippen molar-refractivity contribution in [2.45, 2.75) is 69.8 Å². The Hall–Kier alpha value is -3.35. The molecule has 2 fully saturated rings. The lowest BCUT2D eigenvalue weighted by molar-refractivity contribution is -0.152. The van der Waals surface area contributed by atoms with Crippen molar-refractivity contribution in [1.82, 2.24) is 4.90 Å². The molecule has 200 valence electrons. The van der Waals surface area contributed by atoms with Crippen molar-refractivity contribution in [2.24, 2.45) is 11.8 Å². The maximum atomic E-state index is 12.4. The van der Waals surface area contributed by atoms with Crippen LogP contribution in [0.4, 0.5) is 0 Å². The predicted molar refractivity (Wildman–Crippen MR) is 146 cm³/mol. The Balaban J connectivity index is 1.39. The summed E-state index contributed by atoms with van der Waals surface area (Å²) in [5.41, 5.74) is 1.05. The summed E-state index contributed by atoms with van der Waals surface area (Å²) in [5.74, 6) is 0.891. The van der Waals surface area contributed by atoms with Crippen LogP contribution in [0.3, 0.4) is 0 Å². The second kappa shape index (κ2) is 13.4. The molecular formula is C32H39N3O3. The summed E-state index contributed by atoms with van der Waals surface area (Å²) in [5, 5.41) is 19.8. The summed E-state index contributed by atoms with van der Waals surface area (Å²) in [6.07, 6.45) is 6.58. The van der Waals surface area contributed by atoms with Crippen LogP contribution in [0.15, 0.2) is 54.6 Å². The molecule has 2 aromatic rings. The number of hydrogen-bond acceptors (Lipinski definition) is 6. The highest BCUT2D eigenvalue weighted by Crippen LogP contribution is 2.50. The van der Waals surface area contributed by atoms with Gasteiger partial charge in [-0.05, 0) is 93.8 Å². The molecule has 6 nitrogen and oxygen atoms in total. The highest BCUT2D eigenvalue weighted by Gasteiger charge is 2.53. The average Bonchev–Trinajstić information content (AvgIpc) is 3.42. The molecule has 6 heteroatoms. The average molecular weight is 514 g/mol. The quantitative estimate of drug-likeness (QED) is 0.270. The highest BCUT2D eigenvalue weighted by molar-refractivity contribution is 5.69. The zero-order valence-electron chi connectivity index (χ0n) is 22.5. The van der Waals surface area contributed by atoms with Crippen LogP contribution in [0.25, 0.3) is 0 Å². The molecule has 0 bridgehead atoms. The topological polar surface area (TPSA) is 86.3 Å². The first-order chi connectivity index (χ1) is 18.6. The lowest BCUT2D eigenvalue weighted by atomic mass is 9.59. The molecule has 0 amide bonds. The maximum absolute atomic E-state index is 12.4. The van der Waals surface area contributed by atoms with E-state index in [1.54, 1.807) is 12.1 Å². The summed E-state index contributed by atoms with van der Waals surface area (Å²) in [6.45, 7) is 5.47. The summed E-state index contributed by atoms with van der Waals surface area (Å²) in [6, 6.07) is 22.4. The van der Waals surface area contributed by atoms with Crippen LogP contribution in [-0.4, -0.2) is 43.2 Å². The van der Waals surface area contributed by atoms with Gasteiger partial charge < -0.3 is 14.4 Å². The number of likely N-dealkylation sites (tertiary alicyclic amines) is 1. The van der Waals surface area contributed by atoms with Gasteiger partial charge in [-0.15, -0.1) is 0 Å². The molecule has 38 heavy (non-hydrogen) atoms. The fraction of sp³-hybridized carbons (Fsp3) is 0.531. The third-order valence-electron chi connectivity index (χ3n) is 8.31. The number of benzene rings is 2. The van der Waals surface area contributed by atoms with Crippen molar-refractivity contribution in [2.75, 3.05) is 26.2 Å². The highest BCUT2D eigenvalue weighted by atomic mass is 16.5. The van der Waals surface area contributed by atoms with Gasteiger partial charge in [0.05, 0.1) is 29.7 Å². The van der Waals surface area contributed by atoms with Gasteiger partial charge >= 0.3 is 5.97 Å². The van der Waals surface area contributed by atoms with E-state index in [1.165, 1.54) is 0 Å². The summed E-state index contributed by atoms with van der Waals surface area (Å²) in [7, 11) is 0. The van der Waals surface area contributed by atoms with E-state index < -0.39 is 5.41 Å². The van der Waals surface area contributed by atoms with Crippen molar-refractivity contribution in [3.63, 3.8) is 0 Å². The van der Waals surface area contributed by atoms with E-state index in [2.05, 4.69) is 29.2 Å². The number of ether oxygens (including phenoxy) is 2. The van der Waals surface area contributed by atoms with Gasteiger partial charge in [-0.25, -0.2) is 0 Å². The van der Waals surface area contributed by atoms with Gasteiger partial charge in [-0.2, -0.15) is 10.5 Å². The van der Waals surface area contributed by atoms with Gasteiger partial charge in [0.1, 0.15) is 11.9 Å². The van der Waals surface area contributed by atoms with Gasteiger partial charge in [-0.3, -0.25) is 4.79 Å². The normalized spacial score (nSPS) is 21.7. The number of hydrogen-bond donors (Lipinski definition) is 0. The summed E-state index contributed by atoms with van der Waals surface area (Å²) >= 11 is 0. The van der Waals surface area contributed by atoms with Crippen LogP contribution in [0.1, 0.15) is 69.4 Å². The molecule has 1 heterocycles. The van der Waals surface area contributed by atoms with Gasteiger partial charge in [-0.1, -0.05) is 37.3 Å². The predicted octanol–water partition coefficient (Wildman–Crippen LogP) is 6.01. The Kier molecular flexibility index (Phi) is 9.79. The Morgan fingerprint density at radius 1 is 1.03 bits per heavy atom. The van der Waals surface area contributed by atoms with Crippen molar-refractivity contribution in [3.05, 3.63) is 65.7 Å². The fourth-order valence-corrected chi connectivity index (χ4v) is 6.44. The zero-order chi connectivity index (χ0) is 26.8. The van der Waals surface area contributed by atoms with Gasteiger partial charge in [0.2, 0.25) is 0 Å². The lowest BCUT2D eigenvalue weighted by Crippen LogP contribution is -2.49. The minimum Gasteiger partial charge on any atom is -0.494 e. The number of carbonyl (C=O) groups is 1. The van der Waals surface area contributed by atoms with Gasteiger partial charge in [0.25, 0.3) is 0 Å². The number of carbonyl (C=O) groups excluding carboxylic acids is 1. The second-order valence-corrected chi connectivity index (χ2v) is 10.6. The van der Waals surface area contributed by atoms with Crippen LogP contribution in [0.2, 0.25) is 0 Å². The third-order valence-corrected chi connectivity index (χ3v) is 8.31. The lowest BCUT2D eigenvalue weighted by Gasteiger charge is -2.45. The van der Waals surface area contributed by atoms with Crippen molar-refractivity contribution < 1.29 is 14.3 Å². The van der Waals surface area contributed by atoms with E-state index in [4.69, 9.17) is 14.7 Å². The molecule has 2 aromatic carbocycles. The van der Waals surface area contributed by atoms with Gasteiger partial charge in [0, 0.05) is 18.9 Å². The van der Waals surface area contributed by atoms with Crippen LogP contribution in [0, 0.1) is 34.5 Å². The third kappa shape index (κ3) is 6.37. The summed E-state index contributed by atoms with van der Waals surface area (Å²) < 4.78 is 11.8. The van der Waals surface area contributed by atoms with Crippen LogP contribution >= 0.6 is 0 Å². The number of piperidine rings is 1. The zero-order valence-corrected chi connectivity index (χ0v) is 22.5. The SMILES string of the molecule is CCCC(=O)O[C@H]1CCC[C@@H]1[C@](C#N)(c1ccccc1)C1CCN(CCCOc2ccc(C#N)cc2)CC1. The Bertz CT molecular complexity index is 1110. The fourth-order valence-electron chi connectivity index (χ4n) is 6.44. The molecule has 4 rings (SSSR count). The number of rotatable bonds is 11. The number of nitriles is 2. The standard InChI is InChI=1S/C32H39N3O3/c1-2-8-31(36)38-30-12-6-11-29(30)32(24-34,26-9-4-3-5-10-26)27-17-20-35(21-18-27)19-7-22-37-28-15-13-25(23-33)14-16-28/h3-5,9-10,13-16,27,29-30H,2,6-8,11-12,17-22H2,1H3/t29-,30-,32+/m0/s1. The largest absolute Gasteiger partial charge is 0.494 e. The smallest absolute Gasteiger partial charge is 0.306 e. The Morgan fingerprint density at radius 2 is 1.76 bits per heavy atom. The molecular weight excluding hydrogens is 474 g/mol. The first-order valence-electron chi connectivity index (χ1n) is 14.1. The molecule has 1 aliphatic carbocycles. The van der Waals surface area contributed by atoms with Crippen LogP contribution in [-0.2, 0) is 14.9 Å². The van der Waals surface area contributed by atoms with E-state index >= 15 is 0 Å². The first kappa shape index (κ1) is 27.7. The molecule has 0 unspecified atom stereocenters. The van der Waals surface area contributed by atoms with Crippen molar-refractivity contribution >= 4 is 5.97 Å².